The molecular weight excluding hydrogens is 476 g/mol. The first-order valence-corrected chi connectivity index (χ1v) is 12.7. The number of nitrogens with zero attached hydrogens (tertiary/aromatic N) is 4. The number of hydrogen-bond acceptors (Lipinski definition) is 6. The van der Waals surface area contributed by atoms with Crippen LogP contribution in [-0.2, 0) is 20.9 Å². The number of nitrogens with one attached hydrogen (secondary N) is 2. The summed E-state index contributed by atoms with van der Waals surface area (Å²) < 4.78 is 4.91. The van der Waals surface area contributed by atoms with Gasteiger partial charge in [-0.15, -0.1) is 0 Å². The van der Waals surface area contributed by atoms with Gasteiger partial charge in [-0.1, -0.05) is 56.8 Å². The van der Waals surface area contributed by atoms with Crippen LogP contribution < -0.4 is 10.6 Å². The van der Waals surface area contributed by atoms with E-state index in [0.29, 0.717) is 25.9 Å². The van der Waals surface area contributed by atoms with Crippen LogP contribution in [0.4, 0.5) is 9.59 Å². The molecule has 1 aromatic rings. The maximum Gasteiger partial charge on any atom is 0.407 e. The van der Waals surface area contributed by atoms with Gasteiger partial charge in [0.15, 0.2) is 0 Å². The van der Waals surface area contributed by atoms with Crippen molar-refractivity contribution in [3.05, 3.63) is 48.6 Å². The molecule has 202 valence electrons. The van der Waals surface area contributed by atoms with Crippen LogP contribution in [0.1, 0.15) is 32.3 Å². The zero-order valence-electron chi connectivity index (χ0n) is 21.9. The van der Waals surface area contributed by atoms with Crippen LogP contribution in [0, 0.1) is 5.92 Å². The minimum Gasteiger partial charge on any atom is -0.445 e. The molecule has 0 saturated carbocycles. The molecule has 2 fully saturated rings. The number of piperazine rings is 1. The van der Waals surface area contributed by atoms with Gasteiger partial charge in [0.1, 0.15) is 18.8 Å². The lowest BCUT2D eigenvalue weighted by molar-refractivity contribution is -0.187. The van der Waals surface area contributed by atoms with Gasteiger partial charge >= 0.3 is 12.1 Å². The van der Waals surface area contributed by atoms with Crippen LogP contribution in [0.25, 0.3) is 0 Å². The molecule has 11 heteroatoms. The van der Waals surface area contributed by atoms with Gasteiger partial charge in [0.25, 0.3) is 0 Å². The van der Waals surface area contributed by atoms with Gasteiger partial charge in [0.2, 0.25) is 11.8 Å². The third-order valence-corrected chi connectivity index (χ3v) is 6.28. The smallest absolute Gasteiger partial charge is 0.407 e. The number of alkyl carbamates (subject to hydrolysis) is 1. The number of amides is 5. The summed E-state index contributed by atoms with van der Waals surface area (Å²) in [5.74, 6) is -0.128. The summed E-state index contributed by atoms with van der Waals surface area (Å²) in [6.07, 6.45) is 1.09. The first-order chi connectivity index (χ1) is 17.7. The van der Waals surface area contributed by atoms with E-state index in [4.69, 9.17) is 4.74 Å². The Balaban J connectivity index is 1.75. The summed E-state index contributed by atoms with van der Waals surface area (Å²) in [7, 11) is 1.70. The van der Waals surface area contributed by atoms with E-state index in [1.807, 2.05) is 44.2 Å². The maximum atomic E-state index is 13.5. The maximum absolute atomic E-state index is 13.5. The predicted octanol–water partition coefficient (Wildman–Crippen LogP) is 1.77. The third-order valence-electron chi connectivity index (χ3n) is 6.28. The Labute approximate surface area is 218 Å². The van der Waals surface area contributed by atoms with Crippen molar-refractivity contribution < 1.29 is 23.9 Å². The summed E-state index contributed by atoms with van der Waals surface area (Å²) in [4.78, 5) is 55.0. The Bertz CT molecular complexity index is 971. The van der Waals surface area contributed by atoms with Crippen molar-refractivity contribution >= 4 is 23.9 Å². The van der Waals surface area contributed by atoms with Crippen molar-refractivity contribution in [2.24, 2.45) is 5.92 Å². The fourth-order valence-electron chi connectivity index (χ4n) is 4.71. The molecule has 0 bridgehead atoms. The number of fused-ring (bicyclic) bond motifs is 1. The molecule has 11 nitrogen and oxygen atoms in total. The van der Waals surface area contributed by atoms with Crippen molar-refractivity contribution in [1.29, 1.82) is 0 Å². The number of ether oxygens (including phenoxy) is 1. The first kappa shape index (κ1) is 28.0. The molecule has 0 aliphatic carbocycles. The minimum atomic E-state index is -0.728. The number of rotatable bonds is 10. The second kappa shape index (κ2) is 13.1. The zero-order chi connectivity index (χ0) is 26.9. The normalized spacial score (nSPS) is 20.1. The van der Waals surface area contributed by atoms with E-state index in [0.717, 1.165) is 5.56 Å². The highest BCUT2D eigenvalue weighted by Gasteiger charge is 2.50. The Morgan fingerprint density at radius 3 is 2.59 bits per heavy atom. The van der Waals surface area contributed by atoms with E-state index in [-0.39, 0.29) is 50.0 Å². The Hall–Kier alpha value is -3.60. The first-order valence-electron chi connectivity index (χ1n) is 12.7. The highest BCUT2D eigenvalue weighted by atomic mass is 16.5. The van der Waals surface area contributed by atoms with Crippen LogP contribution in [0.3, 0.4) is 0 Å². The summed E-state index contributed by atoms with van der Waals surface area (Å²) >= 11 is 0. The second-order valence-corrected chi connectivity index (χ2v) is 9.70. The molecular formula is C26H38N6O5. The molecule has 2 heterocycles. The van der Waals surface area contributed by atoms with E-state index < -0.39 is 18.3 Å². The van der Waals surface area contributed by atoms with Gasteiger partial charge < -0.3 is 25.2 Å². The van der Waals surface area contributed by atoms with Gasteiger partial charge in [-0.3, -0.25) is 9.59 Å². The van der Waals surface area contributed by atoms with Crippen molar-refractivity contribution in [3.63, 3.8) is 0 Å². The van der Waals surface area contributed by atoms with Gasteiger partial charge in [0.05, 0.1) is 13.1 Å². The number of likely N-dealkylation sites (N-methyl/N-ethyl adjacent to an activating group) is 1. The number of hydrogen-bond donors (Lipinski definition) is 2. The number of carbonyl (C=O) groups excluding carboxylic acids is 4. The Morgan fingerprint density at radius 2 is 1.92 bits per heavy atom. The van der Waals surface area contributed by atoms with Crippen LogP contribution in [0.15, 0.2) is 43.0 Å². The Morgan fingerprint density at radius 1 is 1.19 bits per heavy atom. The van der Waals surface area contributed by atoms with E-state index >= 15 is 0 Å². The third kappa shape index (κ3) is 7.22. The van der Waals surface area contributed by atoms with Gasteiger partial charge in [0, 0.05) is 26.7 Å². The standard InChI is InChI=1S/C26H38N6O5/c1-5-14-37-26(36)27-13-9-12-21-24(34)30(16-19(2)3)17-22-31(21)23(33)18-29(4)32(22)25(35)28-15-20-10-7-6-8-11-20/h5-8,10-11,19,21-22H,1,9,12-18H2,2-4H3,(H,27,36)(H,28,35)/t21-,22-/m0/s1. The molecule has 2 aliphatic rings. The van der Waals surface area contributed by atoms with Gasteiger partial charge in [-0.2, -0.15) is 0 Å². The molecule has 0 radical (unpaired) electrons. The topological polar surface area (TPSA) is 115 Å². The average Bonchev–Trinajstić information content (AvgIpc) is 2.86. The lowest BCUT2D eigenvalue weighted by Crippen LogP contribution is -2.76. The molecule has 0 unspecified atom stereocenters. The summed E-state index contributed by atoms with van der Waals surface area (Å²) in [5, 5.41) is 8.75. The van der Waals surface area contributed by atoms with Crippen LogP contribution in [-0.4, -0.2) is 95.8 Å². The number of hydrazine groups is 1. The molecule has 2 aliphatic heterocycles. The monoisotopic (exact) mass is 514 g/mol. The lowest BCUT2D eigenvalue weighted by Gasteiger charge is -2.54. The second-order valence-electron chi connectivity index (χ2n) is 9.70. The SMILES string of the molecule is C=CCOC(=O)NCCC[C@H]1C(=O)N(CC(C)C)C[C@H]2N1C(=O)CN(C)N2C(=O)NCc1ccccc1. The van der Waals surface area contributed by atoms with E-state index in [2.05, 4.69) is 17.2 Å². The van der Waals surface area contributed by atoms with Crippen LogP contribution in [0.2, 0.25) is 0 Å². The highest BCUT2D eigenvalue weighted by Crippen LogP contribution is 2.28. The van der Waals surface area contributed by atoms with E-state index in [1.165, 1.54) is 6.08 Å². The van der Waals surface area contributed by atoms with Crippen LogP contribution in [0.5, 0.6) is 0 Å². The molecule has 3 rings (SSSR count). The van der Waals surface area contributed by atoms with E-state index in [9.17, 15) is 19.2 Å². The molecule has 1 aromatic carbocycles. The largest absolute Gasteiger partial charge is 0.445 e. The molecule has 2 atom stereocenters. The van der Waals surface area contributed by atoms with Crippen molar-refractivity contribution in [2.45, 2.75) is 45.4 Å². The van der Waals surface area contributed by atoms with Crippen molar-refractivity contribution in [2.75, 3.05) is 39.8 Å². The van der Waals surface area contributed by atoms with E-state index in [1.54, 1.807) is 26.9 Å². The Kier molecular flexibility index (Phi) is 9.90. The fourth-order valence-corrected chi connectivity index (χ4v) is 4.71. The van der Waals surface area contributed by atoms with Gasteiger partial charge in [-0.05, 0) is 24.3 Å². The minimum absolute atomic E-state index is 0.0185. The average molecular weight is 515 g/mol. The quantitative estimate of drug-likeness (QED) is 0.363. The van der Waals surface area contributed by atoms with Gasteiger partial charge in [-0.25, -0.2) is 19.6 Å². The zero-order valence-corrected chi connectivity index (χ0v) is 21.9. The molecule has 5 amide bonds. The molecule has 0 aromatic heterocycles. The molecule has 0 spiro atoms. The van der Waals surface area contributed by atoms with Crippen LogP contribution >= 0.6 is 0 Å². The molecule has 2 saturated heterocycles. The summed E-state index contributed by atoms with van der Waals surface area (Å²) in [5.41, 5.74) is 0.959. The molecule has 37 heavy (non-hydrogen) atoms. The number of carbonyl (C=O) groups is 4. The van der Waals surface area contributed by atoms with Crippen molar-refractivity contribution in [3.8, 4) is 0 Å². The number of urea groups is 1. The van der Waals surface area contributed by atoms with Crippen molar-refractivity contribution in [1.82, 2.24) is 30.5 Å². The fraction of sp³-hybridized carbons (Fsp3) is 0.538. The predicted molar refractivity (Wildman–Crippen MR) is 138 cm³/mol. The summed E-state index contributed by atoms with van der Waals surface area (Å²) in [6, 6.07) is 8.52. The highest BCUT2D eigenvalue weighted by molar-refractivity contribution is 5.91. The molecule has 2 N–H and O–H groups in total. The summed E-state index contributed by atoms with van der Waals surface area (Å²) in [6.45, 7) is 9.02. The lowest BCUT2D eigenvalue weighted by atomic mass is 10.0. The number of benzene rings is 1.